The van der Waals surface area contributed by atoms with E-state index in [1.165, 1.54) is 85.1 Å². The van der Waals surface area contributed by atoms with Gasteiger partial charge in [0.2, 0.25) is 0 Å². The van der Waals surface area contributed by atoms with E-state index in [-0.39, 0.29) is 0 Å². The van der Waals surface area contributed by atoms with Crippen LogP contribution >= 0.6 is 22.7 Å². The number of fused-ring (bicyclic) bond motifs is 7. The molecule has 1 atom stereocenters. The Labute approximate surface area is 300 Å². The molecule has 0 radical (unpaired) electrons. The molecule has 0 spiro atoms. The van der Waals surface area contributed by atoms with Crippen LogP contribution in [0.4, 0.5) is 17.1 Å². The maximum Gasteiger partial charge on any atom is 0.0476 e. The van der Waals surface area contributed by atoms with Gasteiger partial charge in [-0.3, -0.25) is 0 Å². The molecule has 1 aliphatic rings. The first-order chi connectivity index (χ1) is 24.7. The summed E-state index contributed by atoms with van der Waals surface area (Å²) in [5.74, 6) is 0.588. The van der Waals surface area contributed by atoms with Crippen molar-refractivity contribution < 1.29 is 0 Å². The minimum atomic E-state index is 0.588. The van der Waals surface area contributed by atoms with Crippen molar-refractivity contribution in [1.29, 1.82) is 0 Å². The summed E-state index contributed by atoms with van der Waals surface area (Å²) in [4.78, 5) is 3.93. The zero-order chi connectivity index (χ0) is 33.2. The predicted molar refractivity (Wildman–Crippen MR) is 220 cm³/mol. The molecule has 0 bridgehead atoms. The van der Waals surface area contributed by atoms with Crippen LogP contribution in [0.25, 0.3) is 69.4 Å². The lowest BCUT2D eigenvalue weighted by Crippen LogP contribution is -2.09. The number of nitrogens with zero attached hydrogens (tertiary/aromatic N) is 1. The topological polar surface area (TPSA) is 3.24 Å². The molecular formula is C47H33NS2. The SMILES string of the molecule is CC1C=Cc2c(sc3cc(N(c4ccc(-c5cccc6c(-c7ccccc7)cccc56)cc4)c4ccc5c(c4)sc4ccccc45)ccc23)C1. The molecule has 9 aromatic rings. The number of hydrogen-bond acceptors (Lipinski definition) is 3. The lowest BCUT2D eigenvalue weighted by Gasteiger charge is -2.26. The van der Waals surface area contributed by atoms with E-state index >= 15 is 0 Å². The predicted octanol–water partition coefficient (Wildman–Crippen LogP) is 14.4. The fourth-order valence-corrected chi connectivity index (χ4v) is 10.3. The molecule has 0 saturated carbocycles. The summed E-state index contributed by atoms with van der Waals surface area (Å²) >= 11 is 3.83. The van der Waals surface area contributed by atoms with Gasteiger partial charge in [0.25, 0.3) is 0 Å². The smallest absolute Gasteiger partial charge is 0.0476 e. The lowest BCUT2D eigenvalue weighted by atomic mass is 9.93. The second-order valence-electron chi connectivity index (χ2n) is 13.4. The second kappa shape index (κ2) is 11.8. The van der Waals surface area contributed by atoms with E-state index in [0.29, 0.717) is 5.92 Å². The van der Waals surface area contributed by atoms with Crippen molar-refractivity contribution in [2.75, 3.05) is 4.90 Å². The Hall–Kier alpha value is -5.48. The molecule has 50 heavy (non-hydrogen) atoms. The molecule has 3 heteroatoms. The molecule has 10 rings (SSSR count). The van der Waals surface area contributed by atoms with Crippen molar-refractivity contribution in [2.45, 2.75) is 13.3 Å². The molecule has 2 aromatic heterocycles. The third-order valence-electron chi connectivity index (χ3n) is 10.2. The summed E-state index contributed by atoms with van der Waals surface area (Å²) in [5.41, 5.74) is 9.87. The zero-order valence-electron chi connectivity index (χ0n) is 27.6. The Morgan fingerprint density at radius 3 is 1.80 bits per heavy atom. The first kappa shape index (κ1) is 29.4. The van der Waals surface area contributed by atoms with Crippen molar-refractivity contribution in [3.63, 3.8) is 0 Å². The van der Waals surface area contributed by atoms with Crippen LogP contribution in [-0.2, 0) is 6.42 Å². The van der Waals surface area contributed by atoms with Gasteiger partial charge in [-0.05, 0) is 93.4 Å². The van der Waals surface area contributed by atoms with Crippen molar-refractivity contribution >= 4 is 86.8 Å². The molecule has 1 nitrogen and oxygen atoms in total. The van der Waals surface area contributed by atoms with Crippen LogP contribution in [0.15, 0.2) is 158 Å². The summed E-state index contributed by atoms with van der Waals surface area (Å²) in [5, 5.41) is 6.54. The van der Waals surface area contributed by atoms with Crippen molar-refractivity contribution in [1.82, 2.24) is 0 Å². The third kappa shape index (κ3) is 4.88. The molecule has 0 aliphatic heterocycles. The fraction of sp³-hybridized carbons (Fsp3) is 0.0638. The Balaban J connectivity index is 1.10. The van der Waals surface area contributed by atoms with E-state index < -0.39 is 0 Å². The van der Waals surface area contributed by atoms with Crippen LogP contribution < -0.4 is 4.90 Å². The lowest BCUT2D eigenvalue weighted by molar-refractivity contribution is 0.728. The highest BCUT2D eigenvalue weighted by Gasteiger charge is 2.20. The van der Waals surface area contributed by atoms with Gasteiger partial charge in [0, 0.05) is 52.2 Å². The Bertz CT molecular complexity index is 2750. The van der Waals surface area contributed by atoms with Crippen LogP contribution in [0.3, 0.4) is 0 Å². The van der Waals surface area contributed by atoms with Crippen molar-refractivity contribution in [3.05, 3.63) is 168 Å². The first-order valence-corrected chi connectivity index (χ1v) is 18.9. The van der Waals surface area contributed by atoms with Crippen LogP contribution in [0.2, 0.25) is 0 Å². The largest absolute Gasteiger partial charge is 0.310 e. The highest BCUT2D eigenvalue weighted by Crippen LogP contribution is 2.44. The minimum Gasteiger partial charge on any atom is -0.310 e. The quantitative estimate of drug-likeness (QED) is 0.175. The molecule has 0 amide bonds. The van der Waals surface area contributed by atoms with Gasteiger partial charge < -0.3 is 4.90 Å². The van der Waals surface area contributed by atoms with Crippen molar-refractivity contribution in [3.8, 4) is 22.3 Å². The summed E-state index contributed by atoms with van der Waals surface area (Å²) < 4.78 is 3.98. The molecule has 0 fully saturated rings. The van der Waals surface area contributed by atoms with Gasteiger partial charge in [0.05, 0.1) is 0 Å². The zero-order valence-corrected chi connectivity index (χ0v) is 29.3. The van der Waals surface area contributed by atoms with Crippen LogP contribution in [0.1, 0.15) is 17.4 Å². The van der Waals surface area contributed by atoms with E-state index in [1.54, 1.807) is 0 Å². The van der Waals surface area contributed by atoms with Gasteiger partial charge in [0.15, 0.2) is 0 Å². The third-order valence-corrected chi connectivity index (χ3v) is 12.5. The highest BCUT2D eigenvalue weighted by atomic mass is 32.1. The fourth-order valence-electron chi connectivity index (χ4n) is 7.77. The number of allylic oxidation sites excluding steroid dienone is 1. The summed E-state index contributed by atoms with van der Waals surface area (Å²) in [7, 11) is 0. The maximum atomic E-state index is 2.43. The van der Waals surface area contributed by atoms with Gasteiger partial charge >= 0.3 is 0 Å². The van der Waals surface area contributed by atoms with E-state index in [2.05, 4.69) is 176 Å². The number of thiophene rings is 2. The van der Waals surface area contributed by atoms with Crippen LogP contribution in [-0.4, -0.2) is 0 Å². The molecule has 7 aromatic carbocycles. The van der Waals surface area contributed by atoms with Gasteiger partial charge in [-0.25, -0.2) is 0 Å². The maximum absolute atomic E-state index is 2.43. The number of benzene rings is 7. The molecule has 1 aliphatic carbocycles. The van der Waals surface area contributed by atoms with Crippen LogP contribution in [0.5, 0.6) is 0 Å². The van der Waals surface area contributed by atoms with E-state index in [0.717, 1.165) is 12.1 Å². The molecule has 2 heterocycles. The average Bonchev–Trinajstić information content (AvgIpc) is 3.72. The monoisotopic (exact) mass is 675 g/mol. The number of rotatable bonds is 5. The molecule has 0 saturated heterocycles. The highest BCUT2D eigenvalue weighted by molar-refractivity contribution is 7.25. The Morgan fingerprint density at radius 2 is 1.06 bits per heavy atom. The molecule has 1 unspecified atom stereocenters. The Morgan fingerprint density at radius 1 is 0.480 bits per heavy atom. The van der Waals surface area contributed by atoms with Crippen molar-refractivity contribution in [2.24, 2.45) is 5.92 Å². The van der Waals surface area contributed by atoms with E-state index in [9.17, 15) is 0 Å². The number of hydrogen-bond donors (Lipinski definition) is 0. The molecular weight excluding hydrogens is 643 g/mol. The minimum absolute atomic E-state index is 0.588. The van der Waals surface area contributed by atoms with E-state index in [4.69, 9.17) is 0 Å². The second-order valence-corrected chi connectivity index (χ2v) is 15.6. The standard InChI is InChI=1S/C47H33NS2/c1-30-17-24-41-43-26-23-35(29-47(43)50-45(41)27-30)48(34-22-25-42-40-11-5-6-16-44(40)49-46(42)28-34)33-20-18-32(19-21-33)37-13-8-14-38-36(12-7-15-39(37)38)31-9-3-2-4-10-31/h2-26,28-30H,27H2,1H3. The first-order valence-electron chi connectivity index (χ1n) is 17.3. The molecule has 238 valence electrons. The molecule has 0 N–H and O–H groups in total. The Kier molecular flexibility index (Phi) is 6.97. The van der Waals surface area contributed by atoms with Gasteiger partial charge in [-0.2, -0.15) is 0 Å². The summed E-state index contributed by atoms with van der Waals surface area (Å²) in [6.45, 7) is 2.31. The van der Waals surface area contributed by atoms with Crippen LogP contribution in [0, 0.1) is 5.92 Å². The average molecular weight is 676 g/mol. The van der Waals surface area contributed by atoms with Gasteiger partial charge in [0.1, 0.15) is 0 Å². The number of anilines is 3. The van der Waals surface area contributed by atoms with Gasteiger partial charge in [-0.15, -0.1) is 22.7 Å². The van der Waals surface area contributed by atoms with Gasteiger partial charge in [-0.1, -0.05) is 128 Å². The summed E-state index contributed by atoms with van der Waals surface area (Å²) in [6.07, 6.45) is 5.81. The summed E-state index contributed by atoms with van der Waals surface area (Å²) in [6, 6.07) is 56.0. The normalized spacial score (nSPS) is 14.1. The van der Waals surface area contributed by atoms with E-state index in [1.807, 2.05) is 22.7 Å².